The van der Waals surface area contributed by atoms with Gasteiger partial charge >= 0.3 is 0 Å². The quantitative estimate of drug-likeness (QED) is 0.807. The first-order valence-corrected chi connectivity index (χ1v) is 6.56. The summed E-state index contributed by atoms with van der Waals surface area (Å²) in [5, 5.41) is 4.57. The van der Waals surface area contributed by atoms with Crippen LogP contribution in [0.2, 0.25) is 10.3 Å². The summed E-state index contributed by atoms with van der Waals surface area (Å²) in [5.41, 5.74) is 0.896. The number of rotatable bonds is 1. The number of pyridine rings is 1. The van der Waals surface area contributed by atoms with E-state index in [2.05, 4.69) is 10.3 Å². The average molecular weight is 270 g/mol. The minimum atomic E-state index is 0.441. The van der Waals surface area contributed by atoms with Crippen molar-refractivity contribution >= 4 is 28.7 Å². The van der Waals surface area contributed by atoms with Crippen molar-refractivity contribution in [1.82, 2.24) is 14.7 Å². The number of nitrogens with zero attached hydrogens (tertiary/aromatic N) is 2. The molecule has 1 aliphatic rings. The largest absolute Gasteiger partial charge is 0.317 e. The Kier molecular flexibility index (Phi) is 2.99. The van der Waals surface area contributed by atoms with Gasteiger partial charge in [0.2, 0.25) is 0 Å². The zero-order valence-corrected chi connectivity index (χ0v) is 10.8. The normalized spacial score (nSPS) is 17.8. The van der Waals surface area contributed by atoms with Crippen molar-refractivity contribution in [3.63, 3.8) is 0 Å². The second kappa shape index (κ2) is 4.48. The first kappa shape index (κ1) is 11.3. The third-order valence-corrected chi connectivity index (χ3v) is 3.87. The predicted octanol–water partition coefficient (Wildman–Crippen LogP) is 3.11. The molecule has 3 rings (SSSR count). The lowest BCUT2D eigenvalue weighted by Crippen LogP contribution is -2.27. The third-order valence-electron chi connectivity index (χ3n) is 3.30. The van der Waals surface area contributed by atoms with Crippen LogP contribution in [0.1, 0.15) is 24.6 Å². The minimum absolute atomic E-state index is 0.441. The summed E-state index contributed by atoms with van der Waals surface area (Å²) in [5.74, 6) is 1.44. The molecule has 2 aromatic heterocycles. The maximum absolute atomic E-state index is 6.24. The molecule has 0 aliphatic carbocycles. The molecule has 0 spiro atoms. The standard InChI is InChI=1S/C12H13Cl2N3/c13-10-3-1-2-9-11(14)16-12(17(9)10)8-4-6-15-7-5-8/h1-3,8,15H,4-7H2. The molecule has 0 saturated carbocycles. The van der Waals surface area contributed by atoms with Gasteiger partial charge in [-0.25, -0.2) is 4.98 Å². The Morgan fingerprint density at radius 3 is 2.76 bits per heavy atom. The number of imidazole rings is 1. The molecule has 5 heteroatoms. The van der Waals surface area contributed by atoms with E-state index < -0.39 is 0 Å². The van der Waals surface area contributed by atoms with Gasteiger partial charge in [-0.1, -0.05) is 29.3 Å². The Morgan fingerprint density at radius 1 is 1.24 bits per heavy atom. The van der Waals surface area contributed by atoms with Gasteiger partial charge in [0.25, 0.3) is 0 Å². The van der Waals surface area contributed by atoms with Crippen molar-refractivity contribution in [2.75, 3.05) is 13.1 Å². The number of hydrogen-bond donors (Lipinski definition) is 1. The molecule has 0 amide bonds. The summed E-state index contributed by atoms with van der Waals surface area (Å²) in [6, 6.07) is 5.72. The van der Waals surface area contributed by atoms with E-state index in [0.717, 1.165) is 37.3 Å². The van der Waals surface area contributed by atoms with Crippen LogP contribution in [0.5, 0.6) is 0 Å². The molecule has 0 atom stereocenters. The van der Waals surface area contributed by atoms with Crippen LogP contribution in [0.25, 0.3) is 5.52 Å². The Bertz CT molecular complexity index is 544. The van der Waals surface area contributed by atoms with Crippen molar-refractivity contribution in [2.45, 2.75) is 18.8 Å². The van der Waals surface area contributed by atoms with Crippen molar-refractivity contribution in [1.29, 1.82) is 0 Å². The zero-order chi connectivity index (χ0) is 11.8. The van der Waals surface area contributed by atoms with Crippen molar-refractivity contribution in [3.8, 4) is 0 Å². The van der Waals surface area contributed by atoms with Crippen LogP contribution in [0.3, 0.4) is 0 Å². The van der Waals surface area contributed by atoms with E-state index >= 15 is 0 Å². The number of piperidine rings is 1. The van der Waals surface area contributed by atoms with Crippen LogP contribution in [-0.2, 0) is 0 Å². The van der Waals surface area contributed by atoms with Gasteiger partial charge in [0.05, 0.1) is 5.52 Å². The molecule has 2 aromatic rings. The van der Waals surface area contributed by atoms with E-state index in [9.17, 15) is 0 Å². The van der Waals surface area contributed by atoms with Crippen LogP contribution in [-0.4, -0.2) is 22.5 Å². The zero-order valence-electron chi connectivity index (χ0n) is 9.29. The lowest BCUT2D eigenvalue weighted by molar-refractivity contribution is 0.444. The molecule has 0 unspecified atom stereocenters. The van der Waals surface area contributed by atoms with E-state index in [0.29, 0.717) is 16.2 Å². The minimum Gasteiger partial charge on any atom is -0.317 e. The number of nitrogens with one attached hydrogen (secondary N) is 1. The summed E-state index contributed by atoms with van der Waals surface area (Å²) in [7, 11) is 0. The van der Waals surface area contributed by atoms with Gasteiger partial charge in [-0.05, 0) is 38.1 Å². The molecule has 0 aromatic carbocycles. The third kappa shape index (κ3) is 1.92. The van der Waals surface area contributed by atoms with Crippen LogP contribution < -0.4 is 5.32 Å². The first-order chi connectivity index (χ1) is 8.27. The highest BCUT2D eigenvalue weighted by Crippen LogP contribution is 2.30. The van der Waals surface area contributed by atoms with Gasteiger partial charge < -0.3 is 5.32 Å². The Morgan fingerprint density at radius 2 is 2.00 bits per heavy atom. The van der Waals surface area contributed by atoms with E-state index in [1.54, 1.807) is 0 Å². The van der Waals surface area contributed by atoms with E-state index in [1.165, 1.54) is 0 Å². The molecule has 1 fully saturated rings. The predicted molar refractivity (Wildman–Crippen MR) is 70.1 cm³/mol. The fourth-order valence-electron chi connectivity index (χ4n) is 2.44. The lowest BCUT2D eigenvalue weighted by atomic mass is 9.97. The summed E-state index contributed by atoms with van der Waals surface area (Å²) in [4.78, 5) is 4.49. The molecule has 3 nitrogen and oxygen atoms in total. The molecule has 3 heterocycles. The lowest BCUT2D eigenvalue weighted by Gasteiger charge is -2.21. The van der Waals surface area contributed by atoms with E-state index in [4.69, 9.17) is 23.2 Å². The van der Waals surface area contributed by atoms with Crippen molar-refractivity contribution in [2.24, 2.45) is 0 Å². The van der Waals surface area contributed by atoms with Crippen LogP contribution >= 0.6 is 23.2 Å². The Balaban J connectivity index is 2.15. The molecule has 1 aliphatic heterocycles. The SMILES string of the molecule is Clc1nc(C2CCNCC2)n2c(Cl)cccc12. The maximum atomic E-state index is 6.24. The Hall–Kier alpha value is -0.770. The average Bonchev–Trinajstić information content (AvgIpc) is 2.70. The van der Waals surface area contributed by atoms with Gasteiger partial charge in [-0.3, -0.25) is 4.40 Å². The van der Waals surface area contributed by atoms with E-state index in [1.807, 2.05) is 22.6 Å². The van der Waals surface area contributed by atoms with Crippen molar-refractivity contribution in [3.05, 3.63) is 34.3 Å². The summed E-state index contributed by atoms with van der Waals surface area (Å²) in [6.07, 6.45) is 2.17. The van der Waals surface area contributed by atoms with Crippen molar-refractivity contribution < 1.29 is 0 Å². The number of halogens is 2. The highest BCUT2D eigenvalue weighted by Gasteiger charge is 2.22. The highest BCUT2D eigenvalue weighted by atomic mass is 35.5. The molecule has 1 N–H and O–H groups in total. The first-order valence-electron chi connectivity index (χ1n) is 5.80. The summed E-state index contributed by atoms with van der Waals surface area (Å²) >= 11 is 12.4. The summed E-state index contributed by atoms with van der Waals surface area (Å²) in [6.45, 7) is 2.06. The molecule has 90 valence electrons. The maximum Gasteiger partial charge on any atom is 0.155 e. The Labute approximate surface area is 110 Å². The molecule has 1 saturated heterocycles. The fourth-order valence-corrected chi connectivity index (χ4v) is 2.92. The van der Waals surface area contributed by atoms with Gasteiger partial charge in [-0.15, -0.1) is 0 Å². The summed E-state index contributed by atoms with van der Waals surface area (Å²) < 4.78 is 1.97. The van der Waals surface area contributed by atoms with Gasteiger partial charge in [0.1, 0.15) is 11.0 Å². The monoisotopic (exact) mass is 269 g/mol. The second-order valence-electron chi connectivity index (χ2n) is 4.35. The number of aromatic nitrogens is 2. The van der Waals surface area contributed by atoms with E-state index in [-0.39, 0.29) is 0 Å². The van der Waals surface area contributed by atoms with Gasteiger partial charge in [0.15, 0.2) is 5.15 Å². The highest BCUT2D eigenvalue weighted by molar-refractivity contribution is 6.33. The molecule has 17 heavy (non-hydrogen) atoms. The molecular formula is C12H13Cl2N3. The fraction of sp³-hybridized carbons (Fsp3) is 0.417. The van der Waals surface area contributed by atoms with Crippen LogP contribution in [0.15, 0.2) is 18.2 Å². The molecular weight excluding hydrogens is 257 g/mol. The smallest absolute Gasteiger partial charge is 0.155 e. The number of hydrogen-bond acceptors (Lipinski definition) is 2. The molecule has 0 bridgehead atoms. The van der Waals surface area contributed by atoms with Gasteiger partial charge in [0, 0.05) is 5.92 Å². The topological polar surface area (TPSA) is 29.3 Å². The van der Waals surface area contributed by atoms with Crippen LogP contribution in [0.4, 0.5) is 0 Å². The van der Waals surface area contributed by atoms with Crippen LogP contribution in [0, 0.1) is 0 Å². The van der Waals surface area contributed by atoms with Gasteiger partial charge in [-0.2, -0.15) is 0 Å². The molecule has 0 radical (unpaired) electrons. The number of fused-ring (bicyclic) bond motifs is 1. The second-order valence-corrected chi connectivity index (χ2v) is 5.10.